The monoisotopic (exact) mass is 573 g/mol. The maximum atomic E-state index is 4.49. The van der Waals surface area contributed by atoms with E-state index in [0.717, 1.165) is 16.8 Å². The Bertz CT molecular complexity index is 1960. The highest BCUT2D eigenvalue weighted by molar-refractivity contribution is 6.27. The van der Waals surface area contributed by atoms with Crippen LogP contribution in [0.2, 0.25) is 0 Å². The molecule has 0 amide bonds. The highest BCUT2D eigenvalue weighted by Crippen LogP contribution is 2.42. The van der Waals surface area contributed by atoms with E-state index in [2.05, 4.69) is 120 Å². The molecule has 2 heterocycles. The molecule has 0 aliphatic heterocycles. The maximum Gasteiger partial charge on any atom is 0.0701 e. The van der Waals surface area contributed by atoms with Crippen LogP contribution >= 0.6 is 0 Å². The minimum absolute atomic E-state index is 0.993. The SMILES string of the molecule is CC/C=C\CC.CC=NC.c1ccc(-c2ccc(-c3ccc4ccc5ccc(-c6cccnc6)c6ccc3c4c56)cc2)nc1. The number of allylic oxidation sites excluding steroid dienone is 2. The van der Waals surface area contributed by atoms with E-state index in [1.54, 1.807) is 13.3 Å². The predicted octanol–water partition coefficient (Wildman–Crippen LogP) is 11.4. The summed E-state index contributed by atoms with van der Waals surface area (Å²) in [5.74, 6) is 0. The van der Waals surface area contributed by atoms with Gasteiger partial charge >= 0.3 is 0 Å². The average Bonchev–Trinajstić information content (AvgIpc) is 3.10. The van der Waals surface area contributed by atoms with Crippen molar-refractivity contribution in [2.75, 3.05) is 7.05 Å². The lowest BCUT2D eigenvalue weighted by atomic mass is 9.87. The molecule has 0 spiro atoms. The van der Waals surface area contributed by atoms with Gasteiger partial charge < -0.3 is 4.99 Å². The van der Waals surface area contributed by atoms with Crippen LogP contribution in [0.3, 0.4) is 0 Å². The lowest BCUT2D eigenvalue weighted by Crippen LogP contribution is -1.90. The van der Waals surface area contributed by atoms with Crippen molar-refractivity contribution in [2.45, 2.75) is 33.6 Å². The van der Waals surface area contributed by atoms with E-state index < -0.39 is 0 Å². The Morgan fingerprint density at radius 2 is 1.16 bits per heavy atom. The standard InChI is InChI=1S/C32H20N2.C6H12.C3H7N/c1-2-19-34-30(5-1)22-8-6-21(7-9-22)26-14-12-23-10-11-24-13-15-27(25-4-3-18-33-20-25)29-17-16-28(26)31(23)32(24)29;1-3-5-6-4-2;1-3-4-2/h1-20H;5-6H,3-4H2,1-2H3;3H,1-2H3/b;6-5-;. The van der Waals surface area contributed by atoms with Crippen LogP contribution in [-0.4, -0.2) is 23.2 Å². The van der Waals surface area contributed by atoms with Crippen LogP contribution in [0.5, 0.6) is 0 Å². The van der Waals surface area contributed by atoms with Gasteiger partial charge in [0.25, 0.3) is 0 Å². The summed E-state index contributed by atoms with van der Waals surface area (Å²) in [6.45, 7) is 6.18. The molecule has 3 nitrogen and oxygen atoms in total. The molecule has 44 heavy (non-hydrogen) atoms. The van der Waals surface area contributed by atoms with Crippen LogP contribution in [0.15, 0.2) is 139 Å². The van der Waals surface area contributed by atoms with E-state index in [4.69, 9.17) is 0 Å². The van der Waals surface area contributed by atoms with Crippen molar-refractivity contribution in [3.8, 4) is 33.5 Å². The molecule has 5 aromatic carbocycles. The maximum absolute atomic E-state index is 4.49. The fraction of sp³-hybridized carbons (Fsp3) is 0.146. The molecule has 0 fully saturated rings. The second kappa shape index (κ2) is 14.8. The second-order valence-electron chi connectivity index (χ2n) is 10.5. The second-order valence-corrected chi connectivity index (χ2v) is 10.5. The smallest absolute Gasteiger partial charge is 0.0701 e. The fourth-order valence-corrected chi connectivity index (χ4v) is 5.51. The molecule has 0 radical (unpaired) electrons. The summed E-state index contributed by atoms with van der Waals surface area (Å²) in [6.07, 6.45) is 14.1. The van der Waals surface area contributed by atoms with Crippen molar-refractivity contribution in [1.82, 2.24) is 9.97 Å². The average molecular weight is 574 g/mol. The molecular formula is C41H39N3. The predicted molar refractivity (Wildman–Crippen MR) is 192 cm³/mol. The molecule has 3 heteroatoms. The molecule has 2 aromatic heterocycles. The zero-order valence-corrected chi connectivity index (χ0v) is 26.0. The summed E-state index contributed by atoms with van der Waals surface area (Å²) in [4.78, 5) is 12.4. The molecule has 0 aliphatic carbocycles. The molecule has 0 bridgehead atoms. The van der Waals surface area contributed by atoms with Crippen molar-refractivity contribution < 1.29 is 0 Å². The van der Waals surface area contributed by atoms with Crippen LogP contribution in [0.4, 0.5) is 0 Å². The summed E-state index contributed by atoms with van der Waals surface area (Å²) in [5, 5.41) is 7.74. The van der Waals surface area contributed by atoms with Gasteiger partial charge in [-0.2, -0.15) is 0 Å². The Morgan fingerprint density at radius 1 is 0.591 bits per heavy atom. The molecule has 0 unspecified atom stereocenters. The summed E-state index contributed by atoms with van der Waals surface area (Å²) < 4.78 is 0. The summed E-state index contributed by atoms with van der Waals surface area (Å²) in [7, 11) is 1.75. The molecular weight excluding hydrogens is 534 g/mol. The van der Waals surface area contributed by atoms with Gasteiger partial charge in [0.05, 0.1) is 5.69 Å². The minimum atomic E-state index is 0.993. The Kier molecular flexibility index (Phi) is 10.2. The van der Waals surface area contributed by atoms with Crippen molar-refractivity contribution in [1.29, 1.82) is 0 Å². The fourth-order valence-electron chi connectivity index (χ4n) is 5.51. The third-order valence-corrected chi connectivity index (χ3v) is 7.69. The van der Waals surface area contributed by atoms with Gasteiger partial charge in [-0.15, -0.1) is 0 Å². The highest BCUT2D eigenvalue weighted by atomic mass is 14.7. The van der Waals surface area contributed by atoms with Crippen LogP contribution in [-0.2, 0) is 0 Å². The van der Waals surface area contributed by atoms with Crippen molar-refractivity contribution >= 4 is 38.5 Å². The number of aliphatic imine (C=N–C) groups is 1. The number of rotatable bonds is 5. The Hall–Kier alpha value is -5.15. The van der Waals surface area contributed by atoms with Crippen molar-refractivity contribution in [2.24, 2.45) is 4.99 Å². The van der Waals surface area contributed by atoms with Crippen LogP contribution in [0, 0.1) is 0 Å². The first-order valence-electron chi connectivity index (χ1n) is 15.3. The Balaban J connectivity index is 0.000000337. The minimum Gasteiger partial charge on any atom is -0.301 e. The van der Waals surface area contributed by atoms with Gasteiger partial charge in [0.2, 0.25) is 0 Å². The third kappa shape index (κ3) is 6.58. The van der Waals surface area contributed by atoms with Crippen LogP contribution in [0.1, 0.15) is 33.6 Å². The third-order valence-electron chi connectivity index (χ3n) is 7.69. The number of nitrogens with zero attached hydrogens (tertiary/aromatic N) is 3. The van der Waals surface area contributed by atoms with Gasteiger partial charge in [0.15, 0.2) is 0 Å². The zero-order chi connectivity index (χ0) is 30.7. The number of aromatic nitrogens is 2. The summed E-state index contributed by atoms with van der Waals surface area (Å²) in [5.41, 5.74) is 6.95. The lowest BCUT2D eigenvalue weighted by Gasteiger charge is -2.16. The highest BCUT2D eigenvalue weighted by Gasteiger charge is 2.15. The summed E-state index contributed by atoms with van der Waals surface area (Å²) >= 11 is 0. The normalized spacial score (nSPS) is 11.2. The Morgan fingerprint density at radius 3 is 1.66 bits per heavy atom. The van der Waals surface area contributed by atoms with Crippen LogP contribution in [0.25, 0.3) is 65.8 Å². The molecule has 0 saturated carbocycles. The van der Waals surface area contributed by atoms with E-state index in [-0.39, 0.29) is 0 Å². The first-order chi connectivity index (χ1) is 21.7. The van der Waals surface area contributed by atoms with E-state index in [0.29, 0.717) is 0 Å². The van der Waals surface area contributed by atoms with Crippen LogP contribution < -0.4 is 0 Å². The topological polar surface area (TPSA) is 38.1 Å². The van der Waals surface area contributed by atoms with E-state index in [9.17, 15) is 0 Å². The number of benzene rings is 5. The van der Waals surface area contributed by atoms with Gasteiger partial charge in [-0.3, -0.25) is 9.97 Å². The quantitative estimate of drug-likeness (QED) is 0.117. The van der Waals surface area contributed by atoms with Crippen molar-refractivity contribution in [3.05, 3.63) is 134 Å². The van der Waals surface area contributed by atoms with Gasteiger partial charge in [-0.05, 0) is 93.2 Å². The van der Waals surface area contributed by atoms with E-state index in [1.165, 1.54) is 61.8 Å². The number of pyridine rings is 2. The molecule has 218 valence electrons. The molecule has 0 saturated heterocycles. The molecule has 0 N–H and O–H groups in total. The molecule has 0 aliphatic rings. The number of hydrogen-bond donors (Lipinski definition) is 0. The first-order valence-corrected chi connectivity index (χ1v) is 15.3. The largest absolute Gasteiger partial charge is 0.301 e. The molecule has 0 atom stereocenters. The lowest BCUT2D eigenvalue weighted by molar-refractivity contribution is 1.16. The van der Waals surface area contributed by atoms with Gasteiger partial charge in [0, 0.05) is 36.8 Å². The zero-order valence-electron chi connectivity index (χ0n) is 26.0. The Labute approximate surface area is 261 Å². The van der Waals surface area contributed by atoms with E-state index in [1.807, 2.05) is 49.8 Å². The van der Waals surface area contributed by atoms with Gasteiger partial charge in [0.1, 0.15) is 0 Å². The van der Waals surface area contributed by atoms with Crippen molar-refractivity contribution in [3.63, 3.8) is 0 Å². The number of hydrogen-bond acceptors (Lipinski definition) is 3. The van der Waals surface area contributed by atoms with E-state index >= 15 is 0 Å². The first kappa shape index (κ1) is 30.3. The molecule has 7 rings (SSSR count). The van der Waals surface area contributed by atoms with Gasteiger partial charge in [-0.1, -0.05) is 111 Å². The molecule has 7 aromatic rings. The summed E-state index contributed by atoms with van der Waals surface area (Å²) in [6, 6.07) is 36.9. The van der Waals surface area contributed by atoms with Gasteiger partial charge in [-0.25, -0.2) is 0 Å².